The Hall–Kier alpha value is -1.22. The molecule has 3 N–H and O–H groups in total. The van der Waals surface area contributed by atoms with E-state index in [2.05, 4.69) is 23.8 Å². The smallest absolute Gasteiger partial charge is 0.112 e. The number of hydrogen-bond donors (Lipinski definition) is 2. The third kappa shape index (κ3) is 1.79. The predicted octanol–water partition coefficient (Wildman–Crippen LogP) is 3.31. The van der Waals surface area contributed by atoms with Gasteiger partial charge >= 0.3 is 0 Å². The fourth-order valence-corrected chi connectivity index (χ4v) is 1.78. The zero-order valence-electron chi connectivity index (χ0n) is 8.84. The van der Waals surface area contributed by atoms with E-state index in [-0.39, 0.29) is 0 Å². The Bertz CT molecular complexity index is 490. The van der Waals surface area contributed by atoms with Gasteiger partial charge in [0.25, 0.3) is 0 Å². The standard InChI is InChI=1S/C11H14ClN3/c1-3-6(2)11-14-9-5-7(12)4-8(13)10(9)15-11/h4-6H,3,13H2,1-2H3,(H,14,15). The molecule has 1 atom stereocenters. The van der Waals surface area contributed by atoms with Gasteiger partial charge in [-0.1, -0.05) is 25.4 Å². The molecular weight excluding hydrogens is 210 g/mol. The van der Waals surface area contributed by atoms with Crippen LogP contribution in [0.15, 0.2) is 12.1 Å². The number of hydrogen-bond acceptors (Lipinski definition) is 2. The van der Waals surface area contributed by atoms with Crippen molar-refractivity contribution in [3.05, 3.63) is 23.0 Å². The number of aromatic nitrogens is 2. The molecule has 0 saturated carbocycles. The van der Waals surface area contributed by atoms with Gasteiger partial charge in [-0.3, -0.25) is 0 Å². The van der Waals surface area contributed by atoms with Gasteiger partial charge in [0, 0.05) is 10.9 Å². The van der Waals surface area contributed by atoms with Crippen LogP contribution < -0.4 is 5.73 Å². The van der Waals surface area contributed by atoms with E-state index >= 15 is 0 Å². The van der Waals surface area contributed by atoms with Crippen LogP contribution >= 0.6 is 11.6 Å². The van der Waals surface area contributed by atoms with Crippen molar-refractivity contribution in [1.29, 1.82) is 0 Å². The minimum Gasteiger partial charge on any atom is -0.397 e. The maximum absolute atomic E-state index is 5.92. The Labute approximate surface area is 93.6 Å². The lowest BCUT2D eigenvalue weighted by atomic mass is 10.1. The van der Waals surface area contributed by atoms with Crippen molar-refractivity contribution in [2.75, 3.05) is 5.73 Å². The van der Waals surface area contributed by atoms with Crippen LogP contribution in [0.2, 0.25) is 5.02 Å². The summed E-state index contributed by atoms with van der Waals surface area (Å²) >= 11 is 5.92. The van der Waals surface area contributed by atoms with Crippen LogP contribution in [-0.2, 0) is 0 Å². The summed E-state index contributed by atoms with van der Waals surface area (Å²) in [4.78, 5) is 7.74. The lowest BCUT2D eigenvalue weighted by Crippen LogP contribution is -1.93. The molecule has 1 aromatic carbocycles. The lowest BCUT2D eigenvalue weighted by molar-refractivity contribution is 0.692. The highest BCUT2D eigenvalue weighted by Crippen LogP contribution is 2.26. The minimum absolute atomic E-state index is 0.413. The normalized spacial score (nSPS) is 13.3. The molecule has 2 rings (SSSR count). The maximum Gasteiger partial charge on any atom is 0.112 e. The summed E-state index contributed by atoms with van der Waals surface area (Å²) in [6, 6.07) is 3.58. The molecule has 0 aliphatic heterocycles. The summed E-state index contributed by atoms with van der Waals surface area (Å²) in [6.07, 6.45) is 1.05. The molecular formula is C11H14ClN3. The van der Waals surface area contributed by atoms with Crippen LogP contribution in [0, 0.1) is 0 Å². The Morgan fingerprint density at radius 2 is 2.27 bits per heavy atom. The number of rotatable bonds is 2. The van der Waals surface area contributed by atoms with Crippen molar-refractivity contribution in [2.24, 2.45) is 0 Å². The zero-order chi connectivity index (χ0) is 11.0. The van der Waals surface area contributed by atoms with Crippen LogP contribution in [0.25, 0.3) is 11.0 Å². The van der Waals surface area contributed by atoms with Gasteiger partial charge in [-0.25, -0.2) is 4.98 Å². The molecule has 0 bridgehead atoms. The van der Waals surface area contributed by atoms with Crippen LogP contribution in [-0.4, -0.2) is 9.97 Å². The average Bonchev–Trinajstić information content (AvgIpc) is 2.60. The van der Waals surface area contributed by atoms with Crippen molar-refractivity contribution in [3.8, 4) is 0 Å². The predicted molar refractivity (Wildman–Crippen MR) is 64.2 cm³/mol. The van der Waals surface area contributed by atoms with E-state index in [1.165, 1.54) is 0 Å². The summed E-state index contributed by atoms with van der Waals surface area (Å²) in [5.74, 6) is 1.39. The first-order valence-corrected chi connectivity index (χ1v) is 5.44. The van der Waals surface area contributed by atoms with Crippen LogP contribution in [0.1, 0.15) is 32.0 Å². The SMILES string of the molecule is CCC(C)c1nc2c(N)cc(Cl)cc2[nH]1. The molecule has 0 amide bonds. The quantitative estimate of drug-likeness (QED) is 0.768. The molecule has 0 spiro atoms. The summed E-state index contributed by atoms with van der Waals surface area (Å²) in [6.45, 7) is 4.27. The average molecular weight is 224 g/mol. The molecule has 1 aromatic heterocycles. The van der Waals surface area contributed by atoms with Gasteiger partial charge in [-0.15, -0.1) is 0 Å². The van der Waals surface area contributed by atoms with Gasteiger partial charge in [-0.05, 0) is 18.6 Å². The molecule has 0 fully saturated rings. The second kappa shape index (κ2) is 3.74. The largest absolute Gasteiger partial charge is 0.397 e. The third-order valence-electron chi connectivity index (χ3n) is 2.68. The number of nitrogens with two attached hydrogens (primary N) is 1. The molecule has 1 unspecified atom stereocenters. The first-order valence-electron chi connectivity index (χ1n) is 5.06. The van der Waals surface area contributed by atoms with E-state index in [1.54, 1.807) is 6.07 Å². The second-order valence-electron chi connectivity index (χ2n) is 3.82. The van der Waals surface area contributed by atoms with Crippen molar-refractivity contribution < 1.29 is 0 Å². The number of halogens is 1. The number of benzene rings is 1. The van der Waals surface area contributed by atoms with E-state index in [0.717, 1.165) is 23.3 Å². The van der Waals surface area contributed by atoms with Crippen molar-refractivity contribution >= 4 is 28.3 Å². The van der Waals surface area contributed by atoms with E-state index < -0.39 is 0 Å². The van der Waals surface area contributed by atoms with Gasteiger partial charge in [0.15, 0.2) is 0 Å². The minimum atomic E-state index is 0.413. The summed E-state index contributed by atoms with van der Waals surface area (Å²) in [5, 5.41) is 0.638. The Morgan fingerprint density at radius 3 is 2.93 bits per heavy atom. The summed E-state index contributed by atoms with van der Waals surface area (Å²) in [5.41, 5.74) is 8.20. The highest BCUT2D eigenvalue weighted by Gasteiger charge is 2.11. The van der Waals surface area contributed by atoms with E-state index in [9.17, 15) is 0 Å². The van der Waals surface area contributed by atoms with E-state index in [0.29, 0.717) is 16.6 Å². The zero-order valence-corrected chi connectivity index (χ0v) is 9.60. The van der Waals surface area contributed by atoms with Crippen molar-refractivity contribution in [2.45, 2.75) is 26.2 Å². The summed E-state index contributed by atoms with van der Waals surface area (Å²) < 4.78 is 0. The topological polar surface area (TPSA) is 54.7 Å². The Morgan fingerprint density at radius 1 is 1.53 bits per heavy atom. The molecule has 0 radical (unpaired) electrons. The number of aromatic amines is 1. The van der Waals surface area contributed by atoms with Crippen LogP contribution in [0.3, 0.4) is 0 Å². The number of nitrogen functional groups attached to an aromatic ring is 1. The fourth-order valence-electron chi connectivity index (χ4n) is 1.55. The number of imidazole rings is 1. The van der Waals surface area contributed by atoms with Gasteiger partial charge in [-0.2, -0.15) is 0 Å². The second-order valence-corrected chi connectivity index (χ2v) is 4.26. The third-order valence-corrected chi connectivity index (χ3v) is 2.90. The Balaban J connectivity index is 2.60. The molecule has 0 aliphatic rings. The summed E-state index contributed by atoms with van der Waals surface area (Å²) in [7, 11) is 0. The number of fused-ring (bicyclic) bond motifs is 1. The Kier molecular flexibility index (Phi) is 2.57. The lowest BCUT2D eigenvalue weighted by Gasteiger charge is -2.01. The van der Waals surface area contributed by atoms with Gasteiger partial charge in [0.1, 0.15) is 11.3 Å². The monoisotopic (exact) mass is 223 g/mol. The number of anilines is 1. The molecule has 1 heterocycles. The molecule has 0 saturated heterocycles. The molecule has 2 aromatic rings. The highest BCUT2D eigenvalue weighted by molar-refractivity contribution is 6.31. The van der Waals surface area contributed by atoms with Crippen LogP contribution in [0.4, 0.5) is 5.69 Å². The first-order chi connectivity index (χ1) is 7.11. The number of nitrogens with zero attached hydrogens (tertiary/aromatic N) is 1. The highest BCUT2D eigenvalue weighted by atomic mass is 35.5. The van der Waals surface area contributed by atoms with Gasteiger partial charge in [0.2, 0.25) is 0 Å². The van der Waals surface area contributed by atoms with Crippen molar-refractivity contribution in [1.82, 2.24) is 9.97 Å². The fraction of sp³-hybridized carbons (Fsp3) is 0.364. The molecule has 80 valence electrons. The molecule has 4 heteroatoms. The molecule has 15 heavy (non-hydrogen) atoms. The van der Waals surface area contributed by atoms with Gasteiger partial charge < -0.3 is 10.7 Å². The first kappa shape index (κ1) is 10.3. The maximum atomic E-state index is 5.92. The van der Waals surface area contributed by atoms with Crippen LogP contribution in [0.5, 0.6) is 0 Å². The molecule has 0 aliphatic carbocycles. The number of nitrogens with one attached hydrogen (secondary N) is 1. The van der Waals surface area contributed by atoms with E-state index in [4.69, 9.17) is 17.3 Å². The van der Waals surface area contributed by atoms with Crippen molar-refractivity contribution in [3.63, 3.8) is 0 Å². The van der Waals surface area contributed by atoms with Gasteiger partial charge in [0.05, 0.1) is 11.2 Å². The number of H-pyrrole nitrogens is 1. The molecule has 3 nitrogen and oxygen atoms in total. The van der Waals surface area contributed by atoms with E-state index in [1.807, 2.05) is 6.07 Å².